The van der Waals surface area contributed by atoms with Gasteiger partial charge >= 0.3 is 0 Å². The minimum absolute atomic E-state index is 0.0136. The van der Waals surface area contributed by atoms with E-state index in [1.807, 2.05) is 69.4 Å². The predicted molar refractivity (Wildman–Crippen MR) is 118 cm³/mol. The van der Waals surface area contributed by atoms with Crippen molar-refractivity contribution < 1.29 is 14.5 Å². The van der Waals surface area contributed by atoms with Gasteiger partial charge in [-0.1, -0.05) is 56.3 Å². The van der Waals surface area contributed by atoms with E-state index in [1.165, 1.54) is 0 Å². The van der Waals surface area contributed by atoms with E-state index in [2.05, 4.69) is 24.5 Å². The van der Waals surface area contributed by atoms with Crippen molar-refractivity contribution in [3.05, 3.63) is 65.2 Å². The van der Waals surface area contributed by atoms with Gasteiger partial charge in [0, 0.05) is 5.69 Å². The number of hydrogen-bond donors (Lipinski definition) is 3. The normalized spacial score (nSPS) is 13.0. The molecule has 0 saturated heterocycles. The van der Waals surface area contributed by atoms with E-state index in [0.717, 1.165) is 33.7 Å². The minimum atomic E-state index is -0.0919. The molecule has 29 heavy (non-hydrogen) atoms. The Morgan fingerprint density at radius 1 is 0.931 bits per heavy atom. The lowest BCUT2D eigenvalue weighted by molar-refractivity contribution is -0.862. The van der Waals surface area contributed by atoms with Gasteiger partial charge in [-0.05, 0) is 48.9 Å². The molecule has 2 amide bonds. The van der Waals surface area contributed by atoms with Crippen molar-refractivity contribution in [3.8, 4) is 0 Å². The van der Waals surface area contributed by atoms with Crippen LogP contribution in [0.2, 0.25) is 0 Å². The molecule has 156 valence electrons. The lowest BCUT2D eigenvalue weighted by atomic mass is 9.97. The van der Waals surface area contributed by atoms with Crippen molar-refractivity contribution in [3.63, 3.8) is 0 Å². The fourth-order valence-corrected chi connectivity index (χ4v) is 3.37. The molecule has 0 aliphatic heterocycles. The SMILES string of the molecule is Cc1cccc(NC(=O)C[NH+](C)CC(=O)N[C@@H](CC(C)C)c2ccccc2)c1C. The zero-order valence-corrected chi connectivity index (χ0v) is 18.2. The molecule has 0 aliphatic carbocycles. The van der Waals surface area contributed by atoms with Gasteiger partial charge in [0.1, 0.15) is 0 Å². The number of rotatable bonds is 9. The molecule has 0 heterocycles. The number of quaternary nitrogens is 1. The first-order valence-electron chi connectivity index (χ1n) is 10.3. The third-order valence-corrected chi connectivity index (χ3v) is 5.05. The van der Waals surface area contributed by atoms with Gasteiger partial charge in [0.25, 0.3) is 11.8 Å². The molecule has 0 saturated carbocycles. The van der Waals surface area contributed by atoms with Crippen molar-refractivity contribution in [2.45, 2.75) is 40.2 Å². The topological polar surface area (TPSA) is 62.6 Å². The Kier molecular flexibility index (Phi) is 8.40. The molecule has 2 aromatic rings. The van der Waals surface area contributed by atoms with Crippen LogP contribution < -0.4 is 15.5 Å². The summed E-state index contributed by atoms with van der Waals surface area (Å²) in [5.41, 5.74) is 4.14. The molecule has 0 aromatic heterocycles. The molecule has 0 bridgehead atoms. The molecule has 0 radical (unpaired) electrons. The number of anilines is 1. The van der Waals surface area contributed by atoms with E-state index in [9.17, 15) is 9.59 Å². The van der Waals surface area contributed by atoms with Gasteiger partial charge in [-0.15, -0.1) is 0 Å². The molecule has 0 aliphatic rings. The first-order valence-corrected chi connectivity index (χ1v) is 10.3. The van der Waals surface area contributed by atoms with Crippen molar-refractivity contribution in [2.75, 3.05) is 25.5 Å². The van der Waals surface area contributed by atoms with E-state index in [0.29, 0.717) is 5.92 Å². The fourth-order valence-electron chi connectivity index (χ4n) is 3.37. The zero-order chi connectivity index (χ0) is 21.4. The summed E-state index contributed by atoms with van der Waals surface area (Å²) in [6, 6.07) is 15.9. The third-order valence-electron chi connectivity index (χ3n) is 5.05. The van der Waals surface area contributed by atoms with Crippen molar-refractivity contribution in [1.29, 1.82) is 0 Å². The van der Waals surface area contributed by atoms with Gasteiger partial charge in [0.2, 0.25) is 0 Å². The van der Waals surface area contributed by atoms with Crippen LogP contribution in [-0.4, -0.2) is 32.0 Å². The number of amides is 2. The van der Waals surface area contributed by atoms with E-state index in [1.54, 1.807) is 0 Å². The lowest BCUT2D eigenvalue weighted by Crippen LogP contribution is -3.11. The van der Waals surface area contributed by atoms with Crippen LogP contribution in [-0.2, 0) is 9.59 Å². The molecule has 0 fully saturated rings. The van der Waals surface area contributed by atoms with Gasteiger partial charge in [-0.2, -0.15) is 0 Å². The highest BCUT2D eigenvalue weighted by Crippen LogP contribution is 2.21. The van der Waals surface area contributed by atoms with Crippen molar-refractivity contribution in [1.82, 2.24) is 5.32 Å². The van der Waals surface area contributed by atoms with Crippen LogP contribution in [0.15, 0.2) is 48.5 Å². The lowest BCUT2D eigenvalue weighted by Gasteiger charge is -2.22. The highest BCUT2D eigenvalue weighted by Gasteiger charge is 2.20. The molecular weight excluding hydrogens is 362 g/mol. The van der Waals surface area contributed by atoms with Crippen LogP contribution in [0.3, 0.4) is 0 Å². The second-order valence-electron chi connectivity index (χ2n) is 8.27. The molecule has 1 unspecified atom stereocenters. The molecule has 5 nitrogen and oxygen atoms in total. The maximum absolute atomic E-state index is 12.6. The smallest absolute Gasteiger partial charge is 0.279 e. The summed E-state index contributed by atoms with van der Waals surface area (Å²) in [5, 5.41) is 6.10. The number of likely N-dealkylation sites (N-methyl/N-ethyl adjacent to an activating group) is 1. The maximum atomic E-state index is 12.6. The molecule has 0 spiro atoms. The number of nitrogens with one attached hydrogen (secondary N) is 3. The first kappa shape index (κ1) is 22.6. The summed E-state index contributed by atoms with van der Waals surface area (Å²) in [7, 11) is 1.86. The predicted octanol–water partition coefficient (Wildman–Crippen LogP) is 2.66. The maximum Gasteiger partial charge on any atom is 0.279 e. The van der Waals surface area contributed by atoms with Gasteiger partial charge in [-0.25, -0.2) is 0 Å². The Bertz CT molecular complexity index is 818. The zero-order valence-electron chi connectivity index (χ0n) is 18.2. The second kappa shape index (κ2) is 10.8. The van der Waals surface area contributed by atoms with E-state index in [4.69, 9.17) is 0 Å². The number of hydrogen-bond acceptors (Lipinski definition) is 2. The number of carbonyl (C=O) groups excluding carboxylic acids is 2. The summed E-state index contributed by atoms with van der Waals surface area (Å²) in [4.78, 5) is 25.8. The molecular formula is C24H34N3O2+. The Hall–Kier alpha value is -2.66. The largest absolute Gasteiger partial charge is 0.344 e. The highest BCUT2D eigenvalue weighted by atomic mass is 16.2. The molecule has 2 rings (SSSR count). The number of aryl methyl sites for hydroxylation is 1. The highest BCUT2D eigenvalue weighted by molar-refractivity contribution is 5.92. The van der Waals surface area contributed by atoms with Crippen LogP contribution in [0.1, 0.15) is 43.0 Å². The Morgan fingerprint density at radius 3 is 2.24 bits per heavy atom. The summed E-state index contributed by atoms with van der Waals surface area (Å²) in [6.07, 6.45) is 0.877. The van der Waals surface area contributed by atoms with Crippen LogP contribution in [0.4, 0.5) is 5.69 Å². The Morgan fingerprint density at radius 2 is 1.59 bits per heavy atom. The summed E-state index contributed by atoms with van der Waals surface area (Å²) >= 11 is 0. The standard InChI is InChI=1S/C24H33N3O2/c1-17(2)14-22(20-11-7-6-8-12-20)26-24(29)16-27(5)15-23(28)25-21-13-9-10-18(3)19(21)4/h6-13,17,22H,14-16H2,1-5H3,(H,25,28)(H,26,29)/p+1/t22-/m0/s1. The monoisotopic (exact) mass is 396 g/mol. The minimum Gasteiger partial charge on any atom is -0.344 e. The molecule has 3 N–H and O–H groups in total. The fraction of sp³-hybridized carbons (Fsp3) is 0.417. The Labute approximate surface area is 174 Å². The van der Waals surface area contributed by atoms with E-state index >= 15 is 0 Å². The van der Waals surface area contributed by atoms with E-state index < -0.39 is 0 Å². The average molecular weight is 397 g/mol. The van der Waals surface area contributed by atoms with Crippen molar-refractivity contribution >= 4 is 17.5 Å². The molecule has 2 aromatic carbocycles. The summed E-state index contributed by atoms with van der Waals surface area (Å²) in [6.45, 7) is 8.80. The van der Waals surface area contributed by atoms with E-state index in [-0.39, 0.29) is 30.9 Å². The quantitative estimate of drug-likeness (QED) is 0.610. The van der Waals surface area contributed by atoms with Gasteiger partial charge < -0.3 is 15.5 Å². The number of carbonyl (C=O) groups is 2. The van der Waals surface area contributed by atoms with Crippen molar-refractivity contribution in [2.24, 2.45) is 5.92 Å². The van der Waals surface area contributed by atoms with Crippen LogP contribution in [0.5, 0.6) is 0 Å². The van der Waals surface area contributed by atoms with Gasteiger partial charge in [-0.3, -0.25) is 9.59 Å². The third kappa shape index (κ3) is 7.35. The van der Waals surface area contributed by atoms with Crippen LogP contribution in [0.25, 0.3) is 0 Å². The van der Waals surface area contributed by atoms with Gasteiger partial charge in [0.15, 0.2) is 13.1 Å². The average Bonchev–Trinajstić information content (AvgIpc) is 2.65. The summed E-state index contributed by atoms with van der Waals surface area (Å²) in [5.74, 6) is 0.330. The molecule has 2 atom stereocenters. The summed E-state index contributed by atoms with van der Waals surface area (Å²) < 4.78 is 0. The second-order valence-corrected chi connectivity index (χ2v) is 8.27. The van der Waals surface area contributed by atoms with Gasteiger partial charge in [0.05, 0.1) is 13.1 Å². The van der Waals surface area contributed by atoms with Crippen LogP contribution in [0, 0.1) is 19.8 Å². The first-order chi connectivity index (χ1) is 13.8. The Balaban J connectivity index is 1.90. The van der Waals surface area contributed by atoms with Crippen LogP contribution >= 0.6 is 0 Å². The molecule has 5 heteroatoms. The number of benzene rings is 2.